The summed E-state index contributed by atoms with van der Waals surface area (Å²) in [5.41, 5.74) is 1.81. The lowest BCUT2D eigenvalue weighted by atomic mass is 9.93. The Morgan fingerprint density at radius 1 is 0.964 bits per heavy atom. The zero-order valence-electron chi connectivity index (χ0n) is 15.3. The summed E-state index contributed by atoms with van der Waals surface area (Å²) in [4.78, 5) is 29.5. The van der Waals surface area contributed by atoms with Crippen LogP contribution in [0, 0.1) is 0 Å². The van der Waals surface area contributed by atoms with E-state index >= 15 is 0 Å². The van der Waals surface area contributed by atoms with Gasteiger partial charge in [0.25, 0.3) is 0 Å². The SMILES string of the molecule is O=C1C2NCCCC2N(Cc2cccc(Cl)c2)C(=O)N1Cc1ccc(Cl)cc1. The first-order valence-electron chi connectivity index (χ1n) is 9.37. The number of halogens is 2. The minimum Gasteiger partial charge on any atom is -0.315 e. The van der Waals surface area contributed by atoms with Crippen molar-refractivity contribution in [1.29, 1.82) is 0 Å². The van der Waals surface area contributed by atoms with E-state index in [4.69, 9.17) is 23.2 Å². The molecule has 0 spiro atoms. The van der Waals surface area contributed by atoms with E-state index in [1.807, 2.05) is 36.4 Å². The van der Waals surface area contributed by atoms with Crippen LogP contribution in [0.15, 0.2) is 48.5 Å². The number of imide groups is 1. The summed E-state index contributed by atoms with van der Waals surface area (Å²) in [6.45, 7) is 1.43. The van der Waals surface area contributed by atoms with Crippen molar-refractivity contribution in [2.75, 3.05) is 6.54 Å². The van der Waals surface area contributed by atoms with E-state index in [1.54, 1.807) is 17.0 Å². The van der Waals surface area contributed by atoms with Gasteiger partial charge in [-0.15, -0.1) is 0 Å². The molecule has 2 aromatic rings. The number of fused-ring (bicyclic) bond motifs is 1. The molecule has 2 aliphatic rings. The van der Waals surface area contributed by atoms with Crippen LogP contribution in [-0.4, -0.2) is 40.4 Å². The van der Waals surface area contributed by atoms with Gasteiger partial charge in [0.2, 0.25) is 5.91 Å². The van der Waals surface area contributed by atoms with Crippen LogP contribution < -0.4 is 5.32 Å². The van der Waals surface area contributed by atoms with Crippen LogP contribution in [-0.2, 0) is 17.9 Å². The number of hydrogen-bond donors (Lipinski definition) is 1. The van der Waals surface area contributed by atoms with Gasteiger partial charge in [0.05, 0.1) is 12.6 Å². The lowest BCUT2D eigenvalue weighted by Gasteiger charge is -2.47. The average Bonchev–Trinajstić information content (AvgIpc) is 2.70. The second kappa shape index (κ2) is 8.11. The predicted molar refractivity (Wildman–Crippen MR) is 109 cm³/mol. The van der Waals surface area contributed by atoms with Crippen molar-refractivity contribution in [3.8, 4) is 0 Å². The number of urea groups is 1. The van der Waals surface area contributed by atoms with Gasteiger partial charge in [-0.05, 0) is 54.8 Å². The molecule has 28 heavy (non-hydrogen) atoms. The molecular weight excluding hydrogens is 397 g/mol. The smallest absolute Gasteiger partial charge is 0.315 e. The molecule has 0 radical (unpaired) electrons. The van der Waals surface area contributed by atoms with Crippen LogP contribution >= 0.6 is 23.2 Å². The molecule has 0 aromatic heterocycles. The van der Waals surface area contributed by atoms with Crippen LogP contribution in [0.3, 0.4) is 0 Å². The van der Waals surface area contributed by atoms with E-state index in [0.717, 1.165) is 30.5 Å². The van der Waals surface area contributed by atoms with Crippen LogP contribution in [0.4, 0.5) is 4.79 Å². The molecule has 146 valence electrons. The highest BCUT2D eigenvalue weighted by atomic mass is 35.5. The van der Waals surface area contributed by atoms with E-state index in [1.165, 1.54) is 4.90 Å². The molecule has 2 saturated heterocycles. The molecule has 0 bridgehead atoms. The second-order valence-electron chi connectivity index (χ2n) is 7.23. The van der Waals surface area contributed by atoms with Crippen LogP contribution in [0.25, 0.3) is 0 Å². The van der Waals surface area contributed by atoms with Gasteiger partial charge in [0.15, 0.2) is 0 Å². The third-order valence-electron chi connectivity index (χ3n) is 5.33. The van der Waals surface area contributed by atoms with Gasteiger partial charge in [0.1, 0.15) is 6.04 Å². The topological polar surface area (TPSA) is 52.7 Å². The van der Waals surface area contributed by atoms with Crippen molar-refractivity contribution in [2.24, 2.45) is 0 Å². The Kier molecular flexibility index (Phi) is 5.58. The van der Waals surface area contributed by atoms with E-state index in [0.29, 0.717) is 16.6 Å². The Bertz CT molecular complexity index is 887. The Labute approximate surface area is 174 Å². The van der Waals surface area contributed by atoms with Gasteiger partial charge in [-0.2, -0.15) is 0 Å². The lowest BCUT2D eigenvalue weighted by molar-refractivity contribution is -0.137. The lowest BCUT2D eigenvalue weighted by Crippen LogP contribution is -2.68. The number of amides is 3. The van der Waals surface area contributed by atoms with Gasteiger partial charge in [-0.25, -0.2) is 4.79 Å². The minimum atomic E-state index is -0.377. The monoisotopic (exact) mass is 417 g/mol. The quantitative estimate of drug-likeness (QED) is 0.814. The molecule has 7 heteroatoms. The van der Waals surface area contributed by atoms with Gasteiger partial charge < -0.3 is 10.2 Å². The number of carbonyl (C=O) groups is 2. The number of carbonyl (C=O) groups excluding carboxylic acids is 2. The standard InChI is InChI=1S/C21H21Cl2N3O2/c22-16-8-6-14(7-9-16)12-26-20(27)19-18(5-2-10-24-19)25(21(26)28)13-15-3-1-4-17(23)11-15/h1,3-4,6-9,11,18-19,24H,2,5,10,12-13H2. The molecule has 4 rings (SSSR count). The molecule has 2 heterocycles. The molecule has 5 nitrogen and oxygen atoms in total. The number of hydrogen-bond acceptors (Lipinski definition) is 3. The van der Waals surface area contributed by atoms with Crippen molar-refractivity contribution >= 4 is 35.1 Å². The Morgan fingerprint density at radius 3 is 2.50 bits per heavy atom. The Morgan fingerprint density at radius 2 is 1.75 bits per heavy atom. The van der Waals surface area contributed by atoms with E-state index < -0.39 is 0 Å². The normalized spacial score (nSPS) is 22.4. The van der Waals surface area contributed by atoms with Crippen molar-refractivity contribution in [3.63, 3.8) is 0 Å². The van der Waals surface area contributed by atoms with E-state index in [2.05, 4.69) is 5.32 Å². The largest absolute Gasteiger partial charge is 0.327 e. The van der Waals surface area contributed by atoms with Gasteiger partial charge >= 0.3 is 6.03 Å². The Balaban J connectivity index is 1.62. The number of nitrogens with one attached hydrogen (secondary N) is 1. The van der Waals surface area contributed by atoms with Crippen LogP contribution in [0.5, 0.6) is 0 Å². The summed E-state index contributed by atoms with van der Waals surface area (Å²) < 4.78 is 0. The summed E-state index contributed by atoms with van der Waals surface area (Å²) >= 11 is 12.1. The Hall–Kier alpha value is -2.08. The van der Waals surface area contributed by atoms with Crippen molar-refractivity contribution in [1.82, 2.24) is 15.1 Å². The summed E-state index contributed by atoms with van der Waals surface area (Å²) in [6.07, 6.45) is 1.75. The summed E-state index contributed by atoms with van der Waals surface area (Å²) in [6, 6.07) is 13.9. The number of nitrogens with zero attached hydrogens (tertiary/aromatic N) is 2. The zero-order chi connectivity index (χ0) is 19.7. The molecule has 2 aromatic carbocycles. The number of rotatable bonds is 4. The molecular formula is C21H21Cl2N3O2. The van der Waals surface area contributed by atoms with Crippen molar-refractivity contribution in [2.45, 2.75) is 38.0 Å². The predicted octanol–water partition coefficient (Wildman–Crippen LogP) is 4.08. The molecule has 2 atom stereocenters. The maximum atomic E-state index is 13.3. The highest BCUT2D eigenvalue weighted by Gasteiger charge is 2.46. The van der Waals surface area contributed by atoms with E-state index in [9.17, 15) is 9.59 Å². The fraction of sp³-hybridized carbons (Fsp3) is 0.333. The van der Waals surface area contributed by atoms with Crippen LogP contribution in [0.2, 0.25) is 10.0 Å². The summed E-state index contributed by atoms with van der Waals surface area (Å²) in [5, 5.41) is 4.57. The number of piperidine rings is 1. The molecule has 2 fully saturated rings. The molecule has 0 aliphatic carbocycles. The first kappa shape index (κ1) is 19.2. The highest BCUT2D eigenvalue weighted by Crippen LogP contribution is 2.28. The fourth-order valence-corrected chi connectivity index (χ4v) is 4.29. The maximum absolute atomic E-state index is 13.3. The second-order valence-corrected chi connectivity index (χ2v) is 8.11. The number of benzene rings is 2. The summed E-state index contributed by atoms with van der Waals surface area (Å²) in [5.74, 6) is -0.160. The first-order valence-corrected chi connectivity index (χ1v) is 10.1. The molecule has 0 saturated carbocycles. The zero-order valence-corrected chi connectivity index (χ0v) is 16.8. The average molecular weight is 418 g/mol. The van der Waals surface area contributed by atoms with E-state index in [-0.39, 0.29) is 30.6 Å². The molecule has 1 N–H and O–H groups in total. The van der Waals surface area contributed by atoms with Crippen molar-refractivity contribution < 1.29 is 9.59 Å². The highest BCUT2D eigenvalue weighted by molar-refractivity contribution is 6.30. The maximum Gasteiger partial charge on any atom is 0.327 e. The molecule has 2 aliphatic heterocycles. The third-order valence-corrected chi connectivity index (χ3v) is 5.82. The van der Waals surface area contributed by atoms with Gasteiger partial charge in [-0.1, -0.05) is 47.5 Å². The first-order chi connectivity index (χ1) is 13.5. The molecule has 2 unspecified atom stereocenters. The van der Waals surface area contributed by atoms with Crippen molar-refractivity contribution in [3.05, 3.63) is 69.7 Å². The summed E-state index contributed by atoms with van der Waals surface area (Å²) in [7, 11) is 0. The van der Waals surface area contributed by atoms with Gasteiger partial charge in [-0.3, -0.25) is 9.69 Å². The third kappa shape index (κ3) is 3.88. The fourth-order valence-electron chi connectivity index (χ4n) is 3.95. The molecule has 3 amide bonds. The van der Waals surface area contributed by atoms with Gasteiger partial charge in [0, 0.05) is 16.6 Å². The minimum absolute atomic E-state index is 0.144. The van der Waals surface area contributed by atoms with Crippen LogP contribution in [0.1, 0.15) is 24.0 Å².